The van der Waals surface area contributed by atoms with E-state index in [0.29, 0.717) is 22.9 Å². The van der Waals surface area contributed by atoms with E-state index >= 15 is 0 Å². The average molecular weight is 383 g/mol. The van der Waals surface area contributed by atoms with Crippen LogP contribution in [0.15, 0.2) is 55.0 Å². The van der Waals surface area contributed by atoms with E-state index < -0.39 is 0 Å². The largest absolute Gasteiger partial charge is 0.332 e. The fourth-order valence-electron chi connectivity index (χ4n) is 2.59. The zero-order valence-corrected chi connectivity index (χ0v) is 15.7. The lowest BCUT2D eigenvalue weighted by molar-refractivity contribution is -0.114. The monoisotopic (exact) mass is 382 g/mol. The van der Waals surface area contributed by atoms with Crippen molar-refractivity contribution in [1.29, 1.82) is 0 Å². The highest BCUT2D eigenvalue weighted by molar-refractivity contribution is 6.31. The number of amides is 2. The summed E-state index contributed by atoms with van der Waals surface area (Å²) in [5, 5.41) is 6.12. The fourth-order valence-corrected chi connectivity index (χ4v) is 2.76. The molecule has 0 aliphatic heterocycles. The van der Waals surface area contributed by atoms with Gasteiger partial charge >= 0.3 is 0 Å². The molecule has 0 fully saturated rings. The average Bonchev–Trinajstić information content (AvgIpc) is 3.08. The Kier molecular flexibility index (Phi) is 5.57. The summed E-state index contributed by atoms with van der Waals surface area (Å²) in [5.41, 5.74) is 3.68. The van der Waals surface area contributed by atoms with Crippen molar-refractivity contribution in [3.63, 3.8) is 0 Å². The third-order valence-corrected chi connectivity index (χ3v) is 4.19. The van der Waals surface area contributed by atoms with Crippen LogP contribution in [-0.2, 0) is 11.3 Å². The van der Waals surface area contributed by atoms with Gasteiger partial charge in [-0.05, 0) is 42.3 Å². The van der Waals surface area contributed by atoms with Gasteiger partial charge in [0.25, 0.3) is 5.91 Å². The van der Waals surface area contributed by atoms with E-state index in [1.807, 2.05) is 41.8 Å². The van der Waals surface area contributed by atoms with Crippen LogP contribution in [0.5, 0.6) is 0 Å². The molecule has 3 aromatic rings. The topological polar surface area (TPSA) is 76.0 Å². The second kappa shape index (κ2) is 8.05. The molecule has 27 heavy (non-hydrogen) atoms. The first-order valence-corrected chi connectivity index (χ1v) is 8.74. The number of carbonyl (C=O) groups excluding carboxylic acids is 2. The maximum absolute atomic E-state index is 12.4. The van der Waals surface area contributed by atoms with Crippen LogP contribution < -0.4 is 10.6 Å². The molecule has 3 rings (SSSR count). The Morgan fingerprint density at radius 3 is 2.56 bits per heavy atom. The van der Waals surface area contributed by atoms with E-state index in [9.17, 15) is 9.59 Å². The van der Waals surface area contributed by atoms with Crippen molar-refractivity contribution >= 4 is 34.8 Å². The van der Waals surface area contributed by atoms with Crippen molar-refractivity contribution in [2.24, 2.45) is 0 Å². The van der Waals surface area contributed by atoms with E-state index in [1.165, 1.54) is 6.92 Å². The molecule has 0 atom stereocenters. The summed E-state index contributed by atoms with van der Waals surface area (Å²) in [7, 11) is 0. The van der Waals surface area contributed by atoms with Crippen molar-refractivity contribution in [3.8, 4) is 0 Å². The van der Waals surface area contributed by atoms with Crippen molar-refractivity contribution in [3.05, 3.63) is 76.8 Å². The quantitative estimate of drug-likeness (QED) is 0.697. The zero-order chi connectivity index (χ0) is 19.4. The molecule has 0 radical (unpaired) electrons. The van der Waals surface area contributed by atoms with Gasteiger partial charge in [-0.2, -0.15) is 0 Å². The van der Waals surface area contributed by atoms with Crippen LogP contribution in [0.3, 0.4) is 0 Å². The number of hydrogen-bond donors (Lipinski definition) is 2. The third-order valence-electron chi connectivity index (χ3n) is 3.95. The molecule has 2 N–H and O–H groups in total. The molecule has 0 saturated heterocycles. The molecule has 0 unspecified atom stereocenters. The Morgan fingerprint density at radius 1 is 1.11 bits per heavy atom. The fraction of sp³-hybridized carbons (Fsp3) is 0.150. The summed E-state index contributed by atoms with van der Waals surface area (Å²) < 4.78 is 1.83. The summed E-state index contributed by atoms with van der Waals surface area (Å²) in [4.78, 5) is 27.7. The Balaban J connectivity index is 1.66. The minimum atomic E-state index is -0.292. The first kappa shape index (κ1) is 18.7. The Labute approximate surface area is 162 Å². The Morgan fingerprint density at radius 2 is 1.85 bits per heavy atom. The van der Waals surface area contributed by atoms with Gasteiger partial charge < -0.3 is 15.2 Å². The second-order valence-corrected chi connectivity index (χ2v) is 6.66. The Bertz CT molecular complexity index is 980. The number of nitrogens with zero attached hydrogens (tertiary/aromatic N) is 2. The van der Waals surface area contributed by atoms with Crippen molar-refractivity contribution in [2.75, 3.05) is 10.6 Å². The number of carbonyl (C=O) groups is 2. The van der Waals surface area contributed by atoms with Gasteiger partial charge in [-0.15, -0.1) is 0 Å². The number of hydrogen-bond acceptors (Lipinski definition) is 3. The zero-order valence-electron chi connectivity index (χ0n) is 15.0. The maximum Gasteiger partial charge on any atom is 0.275 e. The molecule has 1 aromatic heterocycles. The van der Waals surface area contributed by atoms with E-state index in [2.05, 4.69) is 15.6 Å². The minimum Gasteiger partial charge on any atom is -0.332 e. The number of aromatic nitrogens is 2. The van der Waals surface area contributed by atoms with Gasteiger partial charge in [-0.25, -0.2) is 4.98 Å². The first-order valence-electron chi connectivity index (χ1n) is 8.36. The predicted molar refractivity (Wildman–Crippen MR) is 106 cm³/mol. The van der Waals surface area contributed by atoms with Crippen LogP contribution in [0.4, 0.5) is 11.4 Å². The maximum atomic E-state index is 12.4. The molecule has 2 amide bonds. The van der Waals surface area contributed by atoms with Crippen LogP contribution in [0.1, 0.15) is 28.5 Å². The van der Waals surface area contributed by atoms with Gasteiger partial charge in [0.2, 0.25) is 5.91 Å². The predicted octanol–water partition coefficient (Wildman–Crippen LogP) is 4.10. The molecular weight excluding hydrogens is 364 g/mol. The second-order valence-electron chi connectivity index (χ2n) is 6.22. The van der Waals surface area contributed by atoms with Crippen LogP contribution in [-0.4, -0.2) is 21.4 Å². The van der Waals surface area contributed by atoms with E-state index in [4.69, 9.17) is 11.6 Å². The van der Waals surface area contributed by atoms with Gasteiger partial charge in [0.05, 0.1) is 6.33 Å². The lowest BCUT2D eigenvalue weighted by Gasteiger charge is -2.07. The number of anilines is 2. The molecule has 0 aliphatic rings. The SMILES string of the molecule is CC(=O)Nc1ccc(Cn2cnc(C(=O)Nc3cc(Cl)ccc3C)c2)cc1. The van der Waals surface area contributed by atoms with Crippen molar-refractivity contribution < 1.29 is 9.59 Å². The van der Waals surface area contributed by atoms with E-state index in [-0.39, 0.29) is 11.8 Å². The molecule has 0 spiro atoms. The molecule has 0 bridgehead atoms. The van der Waals surface area contributed by atoms with Crippen molar-refractivity contribution in [1.82, 2.24) is 9.55 Å². The number of aryl methyl sites for hydroxylation is 1. The number of halogens is 1. The third kappa shape index (κ3) is 4.95. The highest BCUT2D eigenvalue weighted by Crippen LogP contribution is 2.20. The number of rotatable bonds is 5. The van der Waals surface area contributed by atoms with E-state index in [1.54, 1.807) is 24.7 Å². The summed E-state index contributed by atoms with van der Waals surface area (Å²) in [6.45, 7) is 3.93. The molecule has 2 aromatic carbocycles. The lowest BCUT2D eigenvalue weighted by Crippen LogP contribution is -2.13. The van der Waals surface area contributed by atoms with Gasteiger partial charge in [0.15, 0.2) is 0 Å². The first-order chi connectivity index (χ1) is 12.9. The van der Waals surface area contributed by atoms with Gasteiger partial charge in [-0.3, -0.25) is 9.59 Å². The highest BCUT2D eigenvalue weighted by atomic mass is 35.5. The number of imidazole rings is 1. The molecule has 7 heteroatoms. The van der Waals surface area contributed by atoms with Crippen LogP contribution in [0.2, 0.25) is 5.02 Å². The summed E-state index contributed by atoms with van der Waals surface area (Å²) in [5.74, 6) is -0.400. The number of benzene rings is 2. The standard InChI is InChI=1S/C20H19ClN4O2/c1-13-3-6-16(21)9-18(13)24-20(27)19-11-25(12-22-19)10-15-4-7-17(8-5-15)23-14(2)26/h3-9,11-12H,10H2,1-2H3,(H,23,26)(H,24,27). The minimum absolute atomic E-state index is 0.108. The molecule has 138 valence electrons. The molecule has 1 heterocycles. The molecule has 6 nitrogen and oxygen atoms in total. The van der Waals surface area contributed by atoms with Gasteiger partial charge in [-0.1, -0.05) is 29.8 Å². The summed E-state index contributed by atoms with van der Waals surface area (Å²) in [6, 6.07) is 12.8. The smallest absolute Gasteiger partial charge is 0.275 e. The van der Waals surface area contributed by atoms with E-state index in [0.717, 1.165) is 16.8 Å². The van der Waals surface area contributed by atoms with Crippen LogP contribution in [0.25, 0.3) is 0 Å². The Hall–Kier alpha value is -3.12. The van der Waals surface area contributed by atoms with Crippen molar-refractivity contribution in [2.45, 2.75) is 20.4 Å². The normalized spacial score (nSPS) is 10.5. The highest BCUT2D eigenvalue weighted by Gasteiger charge is 2.11. The van der Waals surface area contributed by atoms with Gasteiger partial charge in [0.1, 0.15) is 5.69 Å². The van der Waals surface area contributed by atoms with Gasteiger partial charge in [0, 0.05) is 36.1 Å². The summed E-state index contributed by atoms with van der Waals surface area (Å²) >= 11 is 5.99. The van der Waals surface area contributed by atoms with Crippen LogP contribution >= 0.6 is 11.6 Å². The van der Waals surface area contributed by atoms with Crippen LogP contribution in [0, 0.1) is 6.92 Å². The molecular formula is C20H19ClN4O2. The summed E-state index contributed by atoms with van der Waals surface area (Å²) in [6.07, 6.45) is 3.30. The molecule has 0 saturated carbocycles. The molecule has 0 aliphatic carbocycles. The lowest BCUT2D eigenvalue weighted by atomic mass is 10.2. The number of nitrogens with one attached hydrogen (secondary N) is 2.